The molecule has 0 aliphatic carbocycles. The van der Waals surface area contributed by atoms with Crippen LogP contribution in [0.2, 0.25) is 0 Å². The van der Waals surface area contributed by atoms with E-state index in [0.29, 0.717) is 11.4 Å². The maximum absolute atomic E-state index is 12.8. The quantitative estimate of drug-likeness (QED) is 0.646. The topological polar surface area (TPSA) is 103 Å². The summed E-state index contributed by atoms with van der Waals surface area (Å²) < 4.78 is 8.25. The number of nitrogens with zero attached hydrogens (tertiary/aromatic N) is 2. The van der Waals surface area contributed by atoms with E-state index in [9.17, 15) is 19.5 Å². The van der Waals surface area contributed by atoms with Crippen molar-refractivity contribution in [1.29, 1.82) is 0 Å². The Labute approximate surface area is 166 Å². The van der Waals surface area contributed by atoms with Crippen molar-refractivity contribution < 1.29 is 19.4 Å². The molecule has 0 fully saturated rings. The molecule has 8 nitrogen and oxygen atoms in total. The molecule has 8 heteroatoms. The van der Waals surface area contributed by atoms with Gasteiger partial charge < -0.3 is 15.2 Å². The Balaban J connectivity index is 1.77. The Bertz CT molecular complexity index is 1100. The number of hydrogen-bond donors (Lipinski definition) is 2. The highest BCUT2D eigenvalue weighted by Gasteiger charge is 2.23. The van der Waals surface area contributed by atoms with Gasteiger partial charge in [-0.15, -0.1) is 0 Å². The van der Waals surface area contributed by atoms with Gasteiger partial charge in [-0.05, 0) is 50.2 Å². The van der Waals surface area contributed by atoms with Gasteiger partial charge in [0.2, 0.25) is 0 Å². The van der Waals surface area contributed by atoms with E-state index in [-0.39, 0.29) is 22.6 Å². The fourth-order valence-electron chi connectivity index (χ4n) is 2.82. The first-order valence-electron chi connectivity index (χ1n) is 8.94. The first-order valence-corrected chi connectivity index (χ1v) is 8.94. The van der Waals surface area contributed by atoms with Gasteiger partial charge in [0.1, 0.15) is 11.4 Å². The number of rotatable bonds is 5. The summed E-state index contributed by atoms with van der Waals surface area (Å²) in [5.41, 5.74) is 1.15. The molecule has 150 valence electrons. The third-order valence-corrected chi connectivity index (χ3v) is 4.56. The molecule has 29 heavy (non-hydrogen) atoms. The van der Waals surface area contributed by atoms with Crippen molar-refractivity contribution in [1.82, 2.24) is 9.36 Å². The molecule has 0 saturated carbocycles. The number of amides is 1. The molecule has 3 aromatic rings. The molecule has 0 radical (unpaired) electrons. The zero-order chi connectivity index (χ0) is 21.1. The smallest absolute Gasteiger partial charge is 0.338 e. The number of para-hydroxylation sites is 1. The predicted molar refractivity (Wildman–Crippen MR) is 107 cm³/mol. The van der Waals surface area contributed by atoms with E-state index in [2.05, 4.69) is 5.32 Å². The summed E-state index contributed by atoms with van der Waals surface area (Å²) in [6.07, 6.45) is -1.12. The van der Waals surface area contributed by atoms with Crippen LogP contribution >= 0.6 is 0 Å². The number of nitrogens with one attached hydrogen (secondary N) is 1. The molecular formula is C21H21N3O5. The summed E-state index contributed by atoms with van der Waals surface area (Å²) in [5.74, 6) is -1.32. The molecule has 1 heterocycles. The monoisotopic (exact) mass is 395 g/mol. The van der Waals surface area contributed by atoms with E-state index in [1.165, 1.54) is 35.9 Å². The van der Waals surface area contributed by atoms with Crippen molar-refractivity contribution in [2.45, 2.75) is 20.0 Å². The lowest BCUT2D eigenvalue weighted by molar-refractivity contribution is -0.123. The van der Waals surface area contributed by atoms with Crippen molar-refractivity contribution in [2.75, 3.05) is 5.32 Å². The van der Waals surface area contributed by atoms with Gasteiger partial charge in [-0.1, -0.05) is 18.2 Å². The van der Waals surface area contributed by atoms with Gasteiger partial charge in [0.15, 0.2) is 6.10 Å². The van der Waals surface area contributed by atoms with Crippen LogP contribution in [-0.2, 0) is 16.6 Å². The van der Waals surface area contributed by atoms with Gasteiger partial charge in [-0.2, -0.15) is 0 Å². The lowest BCUT2D eigenvalue weighted by Gasteiger charge is -2.13. The Morgan fingerprint density at radius 2 is 1.69 bits per heavy atom. The van der Waals surface area contributed by atoms with E-state index in [4.69, 9.17) is 4.74 Å². The highest BCUT2D eigenvalue weighted by Crippen LogP contribution is 2.15. The van der Waals surface area contributed by atoms with Crippen LogP contribution in [-0.4, -0.2) is 32.5 Å². The van der Waals surface area contributed by atoms with Crippen molar-refractivity contribution in [3.05, 3.63) is 76.2 Å². The van der Waals surface area contributed by atoms with Crippen molar-refractivity contribution in [2.24, 2.45) is 7.05 Å². The Hall–Kier alpha value is -3.81. The highest BCUT2D eigenvalue weighted by atomic mass is 16.5. The summed E-state index contributed by atoms with van der Waals surface area (Å²) in [7, 11) is 1.72. The second kappa shape index (κ2) is 8.05. The SMILES string of the molecule is Cc1c(NC(=O)C(C)OC(=O)c2ccc(O)cc2)c(=O)n(-c2ccccc2)n1C. The standard InChI is InChI=1S/C21H21N3O5/c1-13-18(20(27)24(23(13)3)16-7-5-4-6-8-16)22-19(26)14(2)29-21(28)15-9-11-17(25)12-10-15/h4-12,14,25H,1-3H3,(H,22,26). The second-order valence-electron chi connectivity index (χ2n) is 6.52. The summed E-state index contributed by atoms with van der Waals surface area (Å²) in [6.45, 7) is 3.13. The predicted octanol–water partition coefficient (Wildman–Crippen LogP) is 2.37. The van der Waals surface area contributed by atoms with Gasteiger partial charge >= 0.3 is 5.97 Å². The van der Waals surface area contributed by atoms with Crippen molar-refractivity contribution in [3.8, 4) is 11.4 Å². The third-order valence-electron chi connectivity index (χ3n) is 4.56. The minimum Gasteiger partial charge on any atom is -0.508 e. The summed E-state index contributed by atoms with van der Waals surface area (Å²) in [4.78, 5) is 37.5. The maximum atomic E-state index is 12.8. The van der Waals surface area contributed by atoms with Crippen molar-refractivity contribution >= 4 is 17.6 Å². The number of phenols is 1. The molecule has 3 rings (SSSR count). The first kappa shape index (κ1) is 19.9. The number of anilines is 1. The molecule has 0 saturated heterocycles. The molecular weight excluding hydrogens is 374 g/mol. The zero-order valence-electron chi connectivity index (χ0n) is 16.2. The number of benzene rings is 2. The highest BCUT2D eigenvalue weighted by molar-refractivity contribution is 5.97. The molecule has 0 bridgehead atoms. The van der Waals surface area contributed by atoms with E-state index >= 15 is 0 Å². The van der Waals surface area contributed by atoms with Gasteiger partial charge in [0, 0.05) is 7.05 Å². The van der Waals surface area contributed by atoms with Gasteiger partial charge in [-0.25, -0.2) is 9.48 Å². The first-order chi connectivity index (χ1) is 13.8. The number of aromatic hydroxyl groups is 1. The van der Waals surface area contributed by atoms with Crippen molar-refractivity contribution in [3.63, 3.8) is 0 Å². The van der Waals surface area contributed by atoms with E-state index in [1.807, 2.05) is 18.2 Å². The lowest BCUT2D eigenvalue weighted by atomic mass is 10.2. The van der Waals surface area contributed by atoms with E-state index in [0.717, 1.165) is 0 Å². The number of aromatic nitrogens is 2. The zero-order valence-corrected chi connectivity index (χ0v) is 16.2. The molecule has 1 aromatic heterocycles. The molecule has 1 atom stereocenters. The van der Waals surface area contributed by atoms with Crippen LogP contribution in [0.1, 0.15) is 23.0 Å². The Kier molecular flexibility index (Phi) is 5.54. The fourth-order valence-corrected chi connectivity index (χ4v) is 2.82. The van der Waals surface area contributed by atoms with Crippen LogP contribution < -0.4 is 10.9 Å². The average molecular weight is 395 g/mol. The minimum absolute atomic E-state index is 0.0154. The number of carbonyl (C=O) groups excluding carboxylic acids is 2. The molecule has 0 aliphatic heterocycles. The second-order valence-corrected chi connectivity index (χ2v) is 6.52. The van der Waals surface area contributed by atoms with E-state index < -0.39 is 18.0 Å². The molecule has 2 aromatic carbocycles. The number of phenolic OH excluding ortho intramolecular Hbond substituents is 1. The minimum atomic E-state index is -1.12. The molecule has 2 N–H and O–H groups in total. The van der Waals surface area contributed by atoms with Crippen LogP contribution in [0.3, 0.4) is 0 Å². The van der Waals surface area contributed by atoms with Crippen LogP contribution in [0.5, 0.6) is 5.75 Å². The van der Waals surface area contributed by atoms with Gasteiger partial charge in [0.25, 0.3) is 11.5 Å². The number of esters is 1. The normalized spacial score (nSPS) is 11.7. The van der Waals surface area contributed by atoms with E-state index in [1.54, 1.807) is 30.8 Å². The fraction of sp³-hybridized carbons (Fsp3) is 0.190. The number of hydrogen-bond acceptors (Lipinski definition) is 5. The van der Waals surface area contributed by atoms with Crippen LogP contribution in [0, 0.1) is 6.92 Å². The number of ether oxygens (including phenoxy) is 1. The average Bonchev–Trinajstić information content (AvgIpc) is 2.92. The third kappa shape index (κ3) is 4.06. The number of carbonyl (C=O) groups is 2. The van der Waals surface area contributed by atoms with Crippen LogP contribution in [0.4, 0.5) is 5.69 Å². The Morgan fingerprint density at radius 1 is 1.07 bits per heavy atom. The van der Waals surface area contributed by atoms with Gasteiger partial charge in [-0.3, -0.25) is 14.3 Å². The summed E-state index contributed by atoms with van der Waals surface area (Å²) >= 11 is 0. The lowest BCUT2D eigenvalue weighted by Crippen LogP contribution is -2.32. The Morgan fingerprint density at radius 3 is 2.31 bits per heavy atom. The van der Waals surface area contributed by atoms with Crippen LogP contribution in [0.25, 0.3) is 5.69 Å². The molecule has 0 aliphatic rings. The van der Waals surface area contributed by atoms with Crippen LogP contribution in [0.15, 0.2) is 59.4 Å². The molecule has 0 spiro atoms. The molecule has 1 amide bonds. The summed E-state index contributed by atoms with van der Waals surface area (Å²) in [6, 6.07) is 14.5. The summed E-state index contributed by atoms with van der Waals surface area (Å²) in [5, 5.41) is 11.8. The van der Waals surface area contributed by atoms with Gasteiger partial charge in [0.05, 0.1) is 16.9 Å². The largest absolute Gasteiger partial charge is 0.508 e. The molecule has 1 unspecified atom stereocenters. The maximum Gasteiger partial charge on any atom is 0.338 e.